The highest BCUT2D eigenvalue weighted by Gasteiger charge is 2.25. The Balaban J connectivity index is 1.46. The van der Waals surface area contributed by atoms with Gasteiger partial charge in [0.05, 0.1) is 0 Å². The zero-order chi connectivity index (χ0) is 21.1. The number of ether oxygens (including phenoxy) is 1. The average molecular weight is 402 g/mol. The second kappa shape index (κ2) is 8.70. The third-order valence-corrected chi connectivity index (χ3v) is 5.80. The second-order valence-electron chi connectivity index (χ2n) is 8.19. The summed E-state index contributed by atoms with van der Waals surface area (Å²) in [5.74, 6) is 1.08. The smallest absolute Gasteiger partial charge is 0.225 e. The molecule has 0 N–H and O–H groups in total. The van der Waals surface area contributed by atoms with Crippen LogP contribution in [0.4, 0.5) is 0 Å². The molecule has 0 bridgehead atoms. The van der Waals surface area contributed by atoms with Gasteiger partial charge in [0.2, 0.25) is 5.91 Å². The van der Waals surface area contributed by atoms with Gasteiger partial charge in [-0.3, -0.25) is 9.59 Å². The third-order valence-electron chi connectivity index (χ3n) is 5.80. The van der Waals surface area contributed by atoms with Crippen LogP contribution in [0.3, 0.4) is 0 Å². The number of amides is 1. The monoisotopic (exact) mass is 401 g/mol. The molecule has 30 heavy (non-hydrogen) atoms. The molecule has 154 valence electrons. The van der Waals surface area contributed by atoms with Crippen LogP contribution in [0.1, 0.15) is 37.0 Å². The van der Waals surface area contributed by atoms with Gasteiger partial charge in [0.15, 0.2) is 6.29 Å². The Bertz CT molecular complexity index is 1050. The maximum atomic E-state index is 12.1. The molecule has 1 aliphatic heterocycles. The van der Waals surface area contributed by atoms with Crippen molar-refractivity contribution in [2.45, 2.75) is 32.8 Å². The molecule has 1 heterocycles. The maximum absolute atomic E-state index is 12.1. The van der Waals surface area contributed by atoms with Crippen LogP contribution in [0.5, 0.6) is 5.75 Å². The molecule has 1 amide bonds. The maximum Gasteiger partial charge on any atom is 0.225 e. The summed E-state index contributed by atoms with van der Waals surface area (Å²) >= 11 is 0. The molecule has 0 aromatic heterocycles. The number of fused-ring (bicyclic) bond motifs is 1. The van der Waals surface area contributed by atoms with Gasteiger partial charge >= 0.3 is 0 Å². The topological polar surface area (TPSA) is 46.6 Å². The van der Waals surface area contributed by atoms with E-state index in [1.807, 2.05) is 79.4 Å². The summed E-state index contributed by atoms with van der Waals surface area (Å²) in [6, 6.07) is 19.9. The Morgan fingerprint density at radius 1 is 1.00 bits per heavy atom. The van der Waals surface area contributed by atoms with E-state index < -0.39 is 0 Å². The van der Waals surface area contributed by atoms with Crippen LogP contribution >= 0.6 is 0 Å². The van der Waals surface area contributed by atoms with Crippen molar-refractivity contribution in [3.8, 4) is 16.9 Å². The number of hydrogen-bond acceptors (Lipinski definition) is 3. The SMILES string of the molecule is CC(C)C(=O)N1CCC(Oc2ccc(-c3ccc4ccccc4c3C=O)cc2)CC1. The summed E-state index contributed by atoms with van der Waals surface area (Å²) in [6.45, 7) is 5.38. The first kappa shape index (κ1) is 20.1. The first-order valence-electron chi connectivity index (χ1n) is 10.6. The summed E-state index contributed by atoms with van der Waals surface area (Å²) in [4.78, 5) is 25.9. The van der Waals surface area contributed by atoms with Gasteiger partial charge in [-0.1, -0.05) is 62.4 Å². The van der Waals surface area contributed by atoms with E-state index in [4.69, 9.17) is 4.74 Å². The number of piperidine rings is 1. The quantitative estimate of drug-likeness (QED) is 0.542. The van der Waals surface area contributed by atoms with Crippen LogP contribution in [0.15, 0.2) is 60.7 Å². The predicted octanol–water partition coefficient (Wildman–Crippen LogP) is 5.35. The normalized spacial score (nSPS) is 14.8. The summed E-state index contributed by atoms with van der Waals surface area (Å²) in [5.41, 5.74) is 2.63. The van der Waals surface area contributed by atoms with E-state index in [0.717, 1.165) is 59.9 Å². The van der Waals surface area contributed by atoms with Crippen LogP contribution in [0, 0.1) is 5.92 Å². The zero-order valence-corrected chi connectivity index (χ0v) is 17.5. The fraction of sp³-hybridized carbons (Fsp3) is 0.308. The number of carbonyl (C=O) groups is 2. The fourth-order valence-electron chi connectivity index (χ4n) is 4.14. The number of aldehydes is 1. The standard InChI is InChI=1S/C26H27NO3/c1-18(2)26(29)27-15-13-22(14-16-27)30-21-10-7-20(8-11-21)24-12-9-19-5-3-4-6-23(19)25(24)17-28/h3-12,17-18,22H,13-16H2,1-2H3. The van der Waals surface area contributed by atoms with Crippen molar-refractivity contribution in [2.75, 3.05) is 13.1 Å². The number of carbonyl (C=O) groups excluding carboxylic acids is 2. The predicted molar refractivity (Wildman–Crippen MR) is 120 cm³/mol. The molecule has 4 heteroatoms. The first-order chi connectivity index (χ1) is 14.6. The largest absolute Gasteiger partial charge is 0.490 e. The molecule has 0 aliphatic carbocycles. The summed E-state index contributed by atoms with van der Waals surface area (Å²) < 4.78 is 6.15. The molecule has 4 nitrogen and oxygen atoms in total. The van der Waals surface area contributed by atoms with Gasteiger partial charge in [-0.15, -0.1) is 0 Å². The molecule has 3 aromatic carbocycles. The lowest BCUT2D eigenvalue weighted by Crippen LogP contribution is -2.43. The summed E-state index contributed by atoms with van der Waals surface area (Å²) in [7, 11) is 0. The van der Waals surface area contributed by atoms with Crippen molar-refractivity contribution in [3.63, 3.8) is 0 Å². The molecule has 0 spiro atoms. The number of rotatable bonds is 5. The molecule has 3 aromatic rings. The number of likely N-dealkylation sites (tertiary alicyclic amines) is 1. The number of hydrogen-bond donors (Lipinski definition) is 0. The van der Waals surface area contributed by atoms with Gasteiger partial charge < -0.3 is 9.64 Å². The van der Waals surface area contributed by atoms with Gasteiger partial charge in [0.1, 0.15) is 11.9 Å². The van der Waals surface area contributed by atoms with Gasteiger partial charge in [-0.25, -0.2) is 0 Å². The molecular weight excluding hydrogens is 374 g/mol. The molecule has 1 aliphatic rings. The Labute approximate surface area is 177 Å². The van der Waals surface area contributed by atoms with E-state index in [-0.39, 0.29) is 17.9 Å². The van der Waals surface area contributed by atoms with E-state index >= 15 is 0 Å². The molecule has 0 unspecified atom stereocenters. The van der Waals surface area contributed by atoms with E-state index in [0.29, 0.717) is 5.56 Å². The minimum Gasteiger partial charge on any atom is -0.490 e. The lowest BCUT2D eigenvalue weighted by molar-refractivity contribution is -0.136. The van der Waals surface area contributed by atoms with Crippen molar-refractivity contribution < 1.29 is 14.3 Å². The van der Waals surface area contributed by atoms with Crippen LogP contribution in [0.25, 0.3) is 21.9 Å². The lowest BCUT2D eigenvalue weighted by Gasteiger charge is -2.33. The Morgan fingerprint density at radius 3 is 2.37 bits per heavy atom. The van der Waals surface area contributed by atoms with Gasteiger partial charge in [-0.05, 0) is 34.0 Å². The van der Waals surface area contributed by atoms with E-state index in [9.17, 15) is 9.59 Å². The zero-order valence-electron chi connectivity index (χ0n) is 17.5. The van der Waals surface area contributed by atoms with Crippen LogP contribution in [-0.2, 0) is 4.79 Å². The van der Waals surface area contributed by atoms with Crippen LogP contribution in [-0.4, -0.2) is 36.3 Å². The van der Waals surface area contributed by atoms with Crippen molar-refractivity contribution in [3.05, 3.63) is 66.2 Å². The third kappa shape index (κ3) is 4.09. The number of benzene rings is 3. The van der Waals surface area contributed by atoms with E-state index in [2.05, 4.69) is 0 Å². The minimum absolute atomic E-state index is 0.0429. The van der Waals surface area contributed by atoms with Crippen molar-refractivity contribution in [1.82, 2.24) is 4.90 Å². The highest BCUT2D eigenvalue weighted by atomic mass is 16.5. The molecule has 0 saturated carbocycles. The highest BCUT2D eigenvalue weighted by molar-refractivity contribution is 6.04. The molecular formula is C26H27NO3. The van der Waals surface area contributed by atoms with Gasteiger partial charge in [0, 0.05) is 37.4 Å². The Morgan fingerprint density at radius 2 is 1.70 bits per heavy atom. The van der Waals surface area contributed by atoms with Crippen molar-refractivity contribution in [1.29, 1.82) is 0 Å². The molecule has 0 radical (unpaired) electrons. The molecule has 1 fully saturated rings. The van der Waals surface area contributed by atoms with E-state index in [1.165, 1.54) is 0 Å². The molecule has 4 rings (SSSR count). The molecule has 0 atom stereocenters. The Kier molecular flexibility index (Phi) is 5.84. The first-order valence-corrected chi connectivity index (χ1v) is 10.6. The fourth-order valence-corrected chi connectivity index (χ4v) is 4.14. The second-order valence-corrected chi connectivity index (χ2v) is 8.19. The van der Waals surface area contributed by atoms with Gasteiger partial charge in [-0.2, -0.15) is 0 Å². The summed E-state index contributed by atoms with van der Waals surface area (Å²) in [6.07, 6.45) is 2.76. The van der Waals surface area contributed by atoms with Crippen molar-refractivity contribution >= 4 is 23.0 Å². The summed E-state index contributed by atoms with van der Waals surface area (Å²) in [5, 5.41) is 2.03. The lowest BCUT2D eigenvalue weighted by atomic mass is 9.95. The van der Waals surface area contributed by atoms with Crippen LogP contribution < -0.4 is 4.74 Å². The minimum atomic E-state index is 0.0429. The molecule has 1 saturated heterocycles. The van der Waals surface area contributed by atoms with Crippen LogP contribution in [0.2, 0.25) is 0 Å². The Hall–Kier alpha value is -3.14. The van der Waals surface area contributed by atoms with Gasteiger partial charge in [0.25, 0.3) is 0 Å². The number of nitrogens with zero attached hydrogens (tertiary/aromatic N) is 1. The van der Waals surface area contributed by atoms with E-state index in [1.54, 1.807) is 0 Å². The van der Waals surface area contributed by atoms with Crippen molar-refractivity contribution in [2.24, 2.45) is 5.92 Å². The highest BCUT2D eigenvalue weighted by Crippen LogP contribution is 2.31. The average Bonchev–Trinajstić information content (AvgIpc) is 2.79.